The SMILES string of the molecule is COc1cccc(Oc2ccccc2C(=O)O)c1. The van der Waals surface area contributed by atoms with Crippen molar-refractivity contribution in [2.45, 2.75) is 0 Å². The van der Waals surface area contributed by atoms with Crippen LogP contribution in [0.3, 0.4) is 0 Å². The highest BCUT2D eigenvalue weighted by Gasteiger charge is 2.10. The summed E-state index contributed by atoms with van der Waals surface area (Å²) in [5.41, 5.74) is 0.125. The number of carboxylic acid groups (broad SMARTS) is 1. The Bertz CT molecular complexity index is 563. The maximum Gasteiger partial charge on any atom is 0.339 e. The largest absolute Gasteiger partial charge is 0.497 e. The molecule has 2 aromatic carbocycles. The number of para-hydroxylation sites is 1. The van der Waals surface area contributed by atoms with E-state index in [1.807, 2.05) is 0 Å². The molecule has 2 rings (SSSR count). The zero-order valence-corrected chi connectivity index (χ0v) is 9.79. The van der Waals surface area contributed by atoms with E-state index in [1.54, 1.807) is 49.6 Å². The zero-order valence-electron chi connectivity index (χ0n) is 9.79. The average molecular weight is 244 g/mol. The van der Waals surface area contributed by atoms with Crippen LogP contribution >= 0.6 is 0 Å². The Kier molecular flexibility index (Phi) is 3.48. The minimum atomic E-state index is -1.02. The lowest BCUT2D eigenvalue weighted by Gasteiger charge is -2.09. The molecule has 18 heavy (non-hydrogen) atoms. The molecule has 0 unspecified atom stereocenters. The minimum Gasteiger partial charge on any atom is -0.497 e. The van der Waals surface area contributed by atoms with Gasteiger partial charge in [-0.05, 0) is 24.3 Å². The molecule has 92 valence electrons. The molecule has 0 fully saturated rings. The molecular weight excluding hydrogens is 232 g/mol. The van der Waals surface area contributed by atoms with E-state index in [-0.39, 0.29) is 5.56 Å². The highest BCUT2D eigenvalue weighted by atomic mass is 16.5. The third-order valence-electron chi connectivity index (χ3n) is 2.39. The Balaban J connectivity index is 2.31. The lowest BCUT2D eigenvalue weighted by Crippen LogP contribution is -1.99. The van der Waals surface area contributed by atoms with E-state index >= 15 is 0 Å². The van der Waals surface area contributed by atoms with Crippen LogP contribution in [-0.4, -0.2) is 18.2 Å². The van der Waals surface area contributed by atoms with Gasteiger partial charge in [0.2, 0.25) is 0 Å². The molecule has 0 spiro atoms. The molecular formula is C14H12O4. The first-order valence-electron chi connectivity index (χ1n) is 5.35. The molecule has 0 aromatic heterocycles. The predicted octanol–water partition coefficient (Wildman–Crippen LogP) is 3.19. The maximum absolute atomic E-state index is 11.0. The van der Waals surface area contributed by atoms with Crippen LogP contribution < -0.4 is 9.47 Å². The van der Waals surface area contributed by atoms with Crippen LogP contribution in [0.1, 0.15) is 10.4 Å². The van der Waals surface area contributed by atoms with E-state index in [9.17, 15) is 4.79 Å². The molecule has 2 aromatic rings. The van der Waals surface area contributed by atoms with E-state index in [4.69, 9.17) is 14.6 Å². The van der Waals surface area contributed by atoms with Crippen LogP contribution in [0.5, 0.6) is 17.2 Å². The number of carbonyl (C=O) groups is 1. The van der Waals surface area contributed by atoms with Crippen LogP contribution in [0, 0.1) is 0 Å². The van der Waals surface area contributed by atoms with Crippen LogP contribution in [-0.2, 0) is 0 Å². The molecule has 0 atom stereocenters. The van der Waals surface area contributed by atoms with Gasteiger partial charge in [-0.2, -0.15) is 0 Å². The third kappa shape index (κ3) is 2.60. The maximum atomic E-state index is 11.0. The summed E-state index contributed by atoms with van der Waals surface area (Å²) >= 11 is 0. The molecule has 0 amide bonds. The molecule has 0 saturated heterocycles. The lowest BCUT2D eigenvalue weighted by molar-refractivity contribution is 0.0694. The lowest BCUT2D eigenvalue weighted by atomic mass is 10.2. The summed E-state index contributed by atoms with van der Waals surface area (Å²) in [4.78, 5) is 11.0. The fraction of sp³-hybridized carbons (Fsp3) is 0.0714. The van der Waals surface area contributed by atoms with Gasteiger partial charge in [0, 0.05) is 6.07 Å². The Morgan fingerprint density at radius 2 is 1.78 bits per heavy atom. The molecule has 0 aliphatic heterocycles. The normalized spacial score (nSPS) is 9.83. The van der Waals surface area contributed by atoms with Crippen molar-refractivity contribution in [2.24, 2.45) is 0 Å². The Morgan fingerprint density at radius 3 is 2.50 bits per heavy atom. The number of hydrogen-bond acceptors (Lipinski definition) is 3. The Labute approximate surface area is 104 Å². The Hall–Kier alpha value is -2.49. The summed E-state index contributed by atoms with van der Waals surface area (Å²) in [7, 11) is 1.56. The third-order valence-corrected chi connectivity index (χ3v) is 2.39. The number of ether oxygens (including phenoxy) is 2. The van der Waals surface area contributed by atoms with Crippen molar-refractivity contribution < 1.29 is 19.4 Å². The van der Waals surface area contributed by atoms with Crippen LogP contribution in [0.25, 0.3) is 0 Å². The fourth-order valence-electron chi connectivity index (χ4n) is 1.52. The molecule has 0 radical (unpaired) electrons. The quantitative estimate of drug-likeness (QED) is 0.897. The molecule has 4 nitrogen and oxygen atoms in total. The molecule has 0 heterocycles. The summed E-state index contributed by atoms with van der Waals surface area (Å²) in [6, 6.07) is 13.5. The standard InChI is InChI=1S/C14H12O4/c1-17-10-5-4-6-11(9-10)18-13-8-3-2-7-12(13)14(15)16/h2-9H,1H3,(H,15,16). The van der Waals surface area contributed by atoms with Gasteiger partial charge in [0.15, 0.2) is 0 Å². The first-order chi connectivity index (χ1) is 8.70. The number of methoxy groups -OCH3 is 1. The van der Waals surface area contributed by atoms with Crippen molar-refractivity contribution in [3.05, 3.63) is 54.1 Å². The highest BCUT2D eigenvalue weighted by molar-refractivity contribution is 5.90. The first-order valence-corrected chi connectivity index (χ1v) is 5.35. The van der Waals surface area contributed by atoms with E-state index in [0.717, 1.165) is 0 Å². The number of benzene rings is 2. The second-order valence-electron chi connectivity index (χ2n) is 3.58. The van der Waals surface area contributed by atoms with Crippen molar-refractivity contribution in [2.75, 3.05) is 7.11 Å². The average Bonchev–Trinajstić information content (AvgIpc) is 2.39. The number of rotatable bonds is 4. The second kappa shape index (κ2) is 5.23. The fourth-order valence-corrected chi connectivity index (χ4v) is 1.52. The molecule has 0 bridgehead atoms. The van der Waals surface area contributed by atoms with E-state index < -0.39 is 5.97 Å². The predicted molar refractivity (Wildman–Crippen MR) is 66.5 cm³/mol. The van der Waals surface area contributed by atoms with Crippen LogP contribution in [0.2, 0.25) is 0 Å². The van der Waals surface area contributed by atoms with Gasteiger partial charge in [0.05, 0.1) is 7.11 Å². The van der Waals surface area contributed by atoms with E-state index in [1.165, 1.54) is 6.07 Å². The summed E-state index contributed by atoms with van der Waals surface area (Å²) in [5, 5.41) is 9.04. The summed E-state index contributed by atoms with van der Waals surface area (Å²) in [6.45, 7) is 0. The molecule has 0 saturated carbocycles. The Morgan fingerprint density at radius 1 is 1.06 bits per heavy atom. The number of carboxylic acids is 1. The first kappa shape index (κ1) is 12.0. The van der Waals surface area contributed by atoms with Gasteiger partial charge >= 0.3 is 5.97 Å². The molecule has 0 aliphatic carbocycles. The van der Waals surface area contributed by atoms with Crippen LogP contribution in [0.4, 0.5) is 0 Å². The minimum absolute atomic E-state index is 0.125. The topological polar surface area (TPSA) is 55.8 Å². The monoisotopic (exact) mass is 244 g/mol. The van der Waals surface area contributed by atoms with Crippen molar-refractivity contribution in [1.29, 1.82) is 0 Å². The van der Waals surface area contributed by atoms with Gasteiger partial charge in [-0.25, -0.2) is 4.79 Å². The second-order valence-corrected chi connectivity index (χ2v) is 3.58. The van der Waals surface area contributed by atoms with Gasteiger partial charge < -0.3 is 14.6 Å². The highest BCUT2D eigenvalue weighted by Crippen LogP contribution is 2.27. The zero-order chi connectivity index (χ0) is 13.0. The van der Waals surface area contributed by atoms with Crippen LogP contribution in [0.15, 0.2) is 48.5 Å². The number of aromatic carboxylic acids is 1. The summed E-state index contributed by atoms with van der Waals surface area (Å²) in [5.74, 6) is 0.468. The smallest absolute Gasteiger partial charge is 0.339 e. The number of hydrogen-bond donors (Lipinski definition) is 1. The van der Waals surface area contributed by atoms with Gasteiger partial charge in [-0.3, -0.25) is 0 Å². The molecule has 1 N–H and O–H groups in total. The van der Waals surface area contributed by atoms with Gasteiger partial charge in [-0.1, -0.05) is 18.2 Å². The van der Waals surface area contributed by atoms with Crippen molar-refractivity contribution in [1.82, 2.24) is 0 Å². The van der Waals surface area contributed by atoms with Crippen molar-refractivity contribution in [3.8, 4) is 17.2 Å². The van der Waals surface area contributed by atoms with Crippen molar-refractivity contribution >= 4 is 5.97 Å². The summed E-state index contributed by atoms with van der Waals surface area (Å²) < 4.78 is 10.6. The van der Waals surface area contributed by atoms with E-state index in [0.29, 0.717) is 17.2 Å². The van der Waals surface area contributed by atoms with Gasteiger partial charge in [0.25, 0.3) is 0 Å². The van der Waals surface area contributed by atoms with E-state index in [2.05, 4.69) is 0 Å². The molecule has 0 aliphatic rings. The van der Waals surface area contributed by atoms with Crippen molar-refractivity contribution in [3.63, 3.8) is 0 Å². The van der Waals surface area contributed by atoms with Gasteiger partial charge in [-0.15, -0.1) is 0 Å². The summed E-state index contributed by atoms with van der Waals surface area (Å²) in [6.07, 6.45) is 0. The molecule has 4 heteroatoms. The van der Waals surface area contributed by atoms with Gasteiger partial charge in [0.1, 0.15) is 22.8 Å².